The van der Waals surface area contributed by atoms with Gasteiger partial charge >= 0.3 is 0 Å². The maximum Gasteiger partial charge on any atom is 0.219 e. The molecule has 1 heterocycles. The number of halogens is 1. The van der Waals surface area contributed by atoms with Gasteiger partial charge in [0, 0.05) is 13.0 Å². The fraction of sp³-hybridized carbons (Fsp3) is 0.923. The molecule has 1 amide bonds. The Morgan fingerprint density at radius 3 is 2.47 bits per heavy atom. The van der Waals surface area contributed by atoms with Crippen LogP contribution in [0.3, 0.4) is 0 Å². The summed E-state index contributed by atoms with van der Waals surface area (Å²) in [5.74, 6) is 0.177. The van der Waals surface area contributed by atoms with Gasteiger partial charge < -0.3 is 10.2 Å². The molecule has 17 heavy (non-hydrogen) atoms. The van der Waals surface area contributed by atoms with Crippen LogP contribution in [0.15, 0.2) is 0 Å². The number of carbonyl (C=O) groups excluding carboxylic acids is 1. The molecule has 0 aromatic rings. The number of hydrogen-bond donors (Lipinski definition) is 1. The van der Waals surface area contributed by atoms with Crippen molar-refractivity contribution in [3.8, 4) is 0 Å². The number of unbranched alkanes of at least 4 members (excludes halogenated alkanes) is 2. The maximum absolute atomic E-state index is 11.0. The summed E-state index contributed by atoms with van der Waals surface area (Å²) in [5.41, 5.74) is 0. The standard InChI is InChI=1S/C13H26N2O.ClH/c1-2-13(16)14-9-5-3-6-10-15-11-7-4-8-12-15;/h2-12H2,1H3,(H,14,16);1H. The van der Waals surface area contributed by atoms with Crippen LogP contribution in [-0.2, 0) is 4.79 Å². The summed E-state index contributed by atoms with van der Waals surface area (Å²) >= 11 is 0. The first-order valence-corrected chi connectivity index (χ1v) is 6.82. The second kappa shape index (κ2) is 10.8. The predicted molar refractivity (Wildman–Crippen MR) is 74.7 cm³/mol. The van der Waals surface area contributed by atoms with Crippen LogP contribution in [0.25, 0.3) is 0 Å². The maximum atomic E-state index is 11.0. The fourth-order valence-electron chi connectivity index (χ4n) is 2.17. The van der Waals surface area contributed by atoms with Gasteiger partial charge in [0.2, 0.25) is 5.91 Å². The smallest absolute Gasteiger partial charge is 0.219 e. The lowest BCUT2D eigenvalue weighted by Crippen LogP contribution is -2.30. The summed E-state index contributed by atoms with van der Waals surface area (Å²) in [6, 6.07) is 0. The van der Waals surface area contributed by atoms with E-state index >= 15 is 0 Å². The van der Waals surface area contributed by atoms with E-state index in [2.05, 4.69) is 10.2 Å². The highest BCUT2D eigenvalue weighted by molar-refractivity contribution is 5.85. The average molecular weight is 263 g/mol. The summed E-state index contributed by atoms with van der Waals surface area (Å²) in [7, 11) is 0. The molecule has 1 saturated heterocycles. The number of rotatable bonds is 7. The van der Waals surface area contributed by atoms with E-state index in [4.69, 9.17) is 0 Å². The summed E-state index contributed by atoms with van der Waals surface area (Å²) in [4.78, 5) is 13.5. The van der Waals surface area contributed by atoms with Crippen molar-refractivity contribution in [2.45, 2.75) is 51.9 Å². The van der Waals surface area contributed by atoms with E-state index in [-0.39, 0.29) is 18.3 Å². The minimum Gasteiger partial charge on any atom is -0.356 e. The van der Waals surface area contributed by atoms with Crippen LogP contribution in [0, 0.1) is 0 Å². The van der Waals surface area contributed by atoms with Crippen LogP contribution in [0.5, 0.6) is 0 Å². The first-order valence-electron chi connectivity index (χ1n) is 6.82. The minimum atomic E-state index is 0. The largest absolute Gasteiger partial charge is 0.356 e. The molecular weight excluding hydrogens is 236 g/mol. The van der Waals surface area contributed by atoms with Gasteiger partial charge in [-0.2, -0.15) is 0 Å². The van der Waals surface area contributed by atoms with E-state index in [0.29, 0.717) is 6.42 Å². The van der Waals surface area contributed by atoms with E-state index in [9.17, 15) is 4.79 Å². The molecule has 1 fully saturated rings. The predicted octanol–water partition coefficient (Wildman–Crippen LogP) is 2.59. The van der Waals surface area contributed by atoms with Crippen molar-refractivity contribution in [3.05, 3.63) is 0 Å². The lowest BCUT2D eigenvalue weighted by Gasteiger charge is -2.26. The van der Waals surface area contributed by atoms with E-state index in [1.54, 1.807) is 0 Å². The number of nitrogens with one attached hydrogen (secondary N) is 1. The van der Waals surface area contributed by atoms with Crippen molar-refractivity contribution in [2.75, 3.05) is 26.2 Å². The summed E-state index contributed by atoms with van der Waals surface area (Å²) in [6.07, 6.45) is 8.43. The Morgan fingerprint density at radius 2 is 1.82 bits per heavy atom. The van der Waals surface area contributed by atoms with Crippen molar-refractivity contribution in [3.63, 3.8) is 0 Å². The van der Waals surface area contributed by atoms with Crippen LogP contribution in [0.1, 0.15) is 51.9 Å². The molecule has 1 rings (SSSR count). The van der Waals surface area contributed by atoms with Crippen molar-refractivity contribution in [1.82, 2.24) is 10.2 Å². The number of carbonyl (C=O) groups is 1. The van der Waals surface area contributed by atoms with Gasteiger partial charge in [-0.3, -0.25) is 4.79 Å². The highest BCUT2D eigenvalue weighted by Crippen LogP contribution is 2.09. The third-order valence-corrected chi connectivity index (χ3v) is 3.24. The second-order valence-corrected chi connectivity index (χ2v) is 4.67. The van der Waals surface area contributed by atoms with E-state index in [0.717, 1.165) is 13.0 Å². The SMILES string of the molecule is CCC(=O)NCCCCCN1CCCCC1.Cl. The Balaban J connectivity index is 0.00000256. The first kappa shape index (κ1) is 16.7. The van der Waals surface area contributed by atoms with E-state index in [1.165, 1.54) is 51.7 Å². The zero-order valence-corrected chi connectivity index (χ0v) is 11.9. The number of amides is 1. The molecule has 0 bridgehead atoms. The molecule has 4 heteroatoms. The van der Waals surface area contributed by atoms with Crippen LogP contribution < -0.4 is 5.32 Å². The van der Waals surface area contributed by atoms with E-state index in [1.807, 2.05) is 6.92 Å². The normalized spacial score (nSPS) is 16.3. The van der Waals surface area contributed by atoms with Gasteiger partial charge in [-0.25, -0.2) is 0 Å². The Kier molecular flexibility index (Phi) is 10.7. The summed E-state index contributed by atoms with van der Waals surface area (Å²) in [6.45, 7) is 6.60. The van der Waals surface area contributed by atoms with Gasteiger partial charge in [0.25, 0.3) is 0 Å². The Hall–Kier alpha value is -0.280. The van der Waals surface area contributed by atoms with Crippen molar-refractivity contribution in [1.29, 1.82) is 0 Å². The van der Waals surface area contributed by atoms with Crippen LogP contribution in [0.2, 0.25) is 0 Å². The first-order chi connectivity index (χ1) is 7.83. The lowest BCUT2D eigenvalue weighted by molar-refractivity contribution is -0.120. The quantitative estimate of drug-likeness (QED) is 0.716. The van der Waals surface area contributed by atoms with Crippen molar-refractivity contribution in [2.24, 2.45) is 0 Å². The fourth-order valence-corrected chi connectivity index (χ4v) is 2.17. The number of nitrogens with zero attached hydrogens (tertiary/aromatic N) is 1. The summed E-state index contributed by atoms with van der Waals surface area (Å²) < 4.78 is 0. The van der Waals surface area contributed by atoms with Crippen molar-refractivity contribution >= 4 is 18.3 Å². The lowest BCUT2D eigenvalue weighted by atomic mass is 10.1. The molecule has 0 aromatic heterocycles. The Bertz CT molecular complexity index is 194. The average Bonchev–Trinajstić information content (AvgIpc) is 2.34. The summed E-state index contributed by atoms with van der Waals surface area (Å²) in [5, 5.41) is 2.92. The molecular formula is C13H27ClN2O. The van der Waals surface area contributed by atoms with Gasteiger partial charge in [0.15, 0.2) is 0 Å². The van der Waals surface area contributed by atoms with Crippen LogP contribution in [0.4, 0.5) is 0 Å². The molecule has 0 aliphatic carbocycles. The molecule has 1 aliphatic rings. The zero-order valence-electron chi connectivity index (χ0n) is 11.0. The van der Waals surface area contributed by atoms with Gasteiger partial charge in [-0.1, -0.05) is 19.8 Å². The molecule has 1 N–H and O–H groups in total. The van der Waals surface area contributed by atoms with Crippen LogP contribution in [-0.4, -0.2) is 37.0 Å². The van der Waals surface area contributed by atoms with Gasteiger partial charge in [-0.05, 0) is 45.3 Å². The molecule has 0 aromatic carbocycles. The number of hydrogen-bond acceptors (Lipinski definition) is 2. The molecule has 0 atom stereocenters. The molecule has 0 unspecified atom stereocenters. The van der Waals surface area contributed by atoms with Crippen LogP contribution >= 0.6 is 12.4 Å². The van der Waals surface area contributed by atoms with Gasteiger partial charge in [0.1, 0.15) is 0 Å². The van der Waals surface area contributed by atoms with E-state index < -0.39 is 0 Å². The molecule has 0 saturated carbocycles. The molecule has 1 aliphatic heterocycles. The monoisotopic (exact) mass is 262 g/mol. The highest BCUT2D eigenvalue weighted by atomic mass is 35.5. The molecule has 0 spiro atoms. The number of piperidine rings is 1. The minimum absolute atomic E-state index is 0. The van der Waals surface area contributed by atoms with Crippen molar-refractivity contribution < 1.29 is 4.79 Å². The topological polar surface area (TPSA) is 32.3 Å². The highest BCUT2D eigenvalue weighted by Gasteiger charge is 2.08. The third-order valence-electron chi connectivity index (χ3n) is 3.24. The third kappa shape index (κ3) is 8.44. The molecule has 3 nitrogen and oxygen atoms in total. The van der Waals surface area contributed by atoms with Gasteiger partial charge in [-0.15, -0.1) is 12.4 Å². The zero-order chi connectivity index (χ0) is 11.6. The molecule has 0 radical (unpaired) electrons. The Labute approximate surface area is 112 Å². The number of likely N-dealkylation sites (tertiary alicyclic amines) is 1. The second-order valence-electron chi connectivity index (χ2n) is 4.67. The molecule has 102 valence electrons. The van der Waals surface area contributed by atoms with Gasteiger partial charge in [0.05, 0.1) is 0 Å². The Morgan fingerprint density at radius 1 is 1.12 bits per heavy atom.